The van der Waals surface area contributed by atoms with E-state index >= 15 is 0 Å². The van der Waals surface area contributed by atoms with Crippen LogP contribution in [0.25, 0.3) is 0 Å². The van der Waals surface area contributed by atoms with Crippen LogP contribution in [-0.2, 0) is 0 Å². The Morgan fingerprint density at radius 1 is 1.17 bits per heavy atom. The normalized spacial score (nSPS) is 12.2. The van der Waals surface area contributed by atoms with Gasteiger partial charge in [0.1, 0.15) is 5.75 Å². The molecule has 3 N–H and O–H groups in total. The molecule has 0 aliphatic heterocycles. The number of phenols is 1. The van der Waals surface area contributed by atoms with Crippen molar-refractivity contribution in [3.05, 3.63) is 52.0 Å². The lowest BCUT2D eigenvalue weighted by Gasteiger charge is -2.17. The van der Waals surface area contributed by atoms with Gasteiger partial charge in [-0.15, -0.1) is 25.6 Å². The molecule has 0 saturated carbocycles. The first-order valence-corrected chi connectivity index (χ1v) is 7.18. The Bertz CT molecular complexity index is 696. The van der Waals surface area contributed by atoms with Crippen molar-refractivity contribution >= 4 is 28.3 Å². The molecule has 0 radical (unpaired) electrons. The summed E-state index contributed by atoms with van der Waals surface area (Å²) in [6.07, 6.45) is -4.75. The molecule has 2 aromatic carbocycles. The van der Waals surface area contributed by atoms with Crippen molar-refractivity contribution in [2.75, 3.05) is 7.11 Å². The van der Waals surface area contributed by atoms with Gasteiger partial charge in [0.05, 0.1) is 13.2 Å². The molecule has 0 bridgehead atoms. The summed E-state index contributed by atoms with van der Waals surface area (Å²) in [5, 5.41) is 10.2. The van der Waals surface area contributed by atoms with Crippen LogP contribution in [0.3, 0.4) is 0 Å². The molecule has 0 aliphatic carbocycles. The fourth-order valence-electron chi connectivity index (χ4n) is 2.04. The van der Waals surface area contributed by atoms with Gasteiger partial charge in [0.2, 0.25) is 0 Å². The van der Waals surface area contributed by atoms with Gasteiger partial charge in [0.25, 0.3) is 0 Å². The van der Waals surface area contributed by atoms with Gasteiger partial charge in [0, 0.05) is 10.0 Å². The summed E-state index contributed by atoms with van der Waals surface area (Å²) in [4.78, 5) is 0. The van der Waals surface area contributed by atoms with E-state index in [1.165, 1.54) is 19.2 Å². The number of phenolic OH excluding ortho intramolecular Hbond substituents is 1. The largest absolute Gasteiger partial charge is 0.573 e. The monoisotopic (exact) mass is 427 g/mol. The molecule has 132 valence electrons. The Morgan fingerprint density at radius 2 is 1.75 bits per heavy atom. The molecule has 4 nitrogen and oxygen atoms in total. The van der Waals surface area contributed by atoms with Gasteiger partial charge in [-0.3, -0.25) is 0 Å². The lowest BCUT2D eigenvalue weighted by molar-refractivity contribution is -0.274. The number of ether oxygens (including phenoxy) is 2. The number of alkyl halides is 3. The van der Waals surface area contributed by atoms with Gasteiger partial charge >= 0.3 is 6.36 Å². The second-order valence-corrected chi connectivity index (χ2v) is 5.56. The van der Waals surface area contributed by atoms with Crippen molar-refractivity contribution in [3.8, 4) is 17.2 Å². The van der Waals surface area contributed by atoms with E-state index < -0.39 is 12.4 Å². The summed E-state index contributed by atoms with van der Waals surface area (Å²) in [5.74, 6) is -0.231. The Morgan fingerprint density at radius 3 is 2.25 bits per heavy atom. The van der Waals surface area contributed by atoms with Gasteiger partial charge in [-0.25, -0.2) is 0 Å². The minimum atomic E-state index is -4.75. The second-order valence-electron chi connectivity index (χ2n) is 4.64. The average Bonchev–Trinajstić information content (AvgIpc) is 2.47. The van der Waals surface area contributed by atoms with Crippen molar-refractivity contribution in [1.82, 2.24) is 0 Å². The van der Waals surface area contributed by atoms with E-state index in [-0.39, 0.29) is 29.7 Å². The minimum absolute atomic E-state index is 0. The summed E-state index contributed by atoms with van der Waals surface area (Å²) >= 11 is 3.28. The highest BCUT2D eigenvalue weighted by atomic mass is 79.9. The van der Waals surface area contributed by atoms with E-state index in [1.807, 2.05) is 0 Å². The molecule has 24 heavy (non-hydrogen) atoms. The molecular formula is C15H14BrClF3NO3. The minimum Gasteiger partial charge on any atom is -0.504 e. The van der Waals surface area contributed by atoms with Crippen LogP contribution < -0.4 is 15.2 Å². The lowest BCUT2D eigenvalue weighted by atomic mass is 9.98. The molecule has 0 aliphatic rings. The maximum atomic E-state index is 12.1. The van der Waals surface area contributed by atoms with Crippen LogP contribution >= 0.6 is 28.3 Å². The third-order valence-corrected chi connectivity index (χ3v) is 3.55. The van der Waals surface area contributed by atoms with E-state index in [0.717, 1.165) is 12.1 Å². The van der Waals surface area contributed by atoms with Crippen molar-refractivity contribution in [3.63, 3.8) is 0 Å². The molecule has 0 fully saturated rings. The quantitative estimate of drug-likeness (QED) is 0.751. The number of benzene rings is 2. The van der Waals surface area contributed by atoms with Gasteiger partial charge < -0.3 is 20.3 Å². The van der Waals surface area contributed by atoms with Gasteiger partial charge in [-0.05, 0) is 29.8 Å². The third kappa shape index (κ3) is 4.93. The van der Waals surface area contributed by atoms with Crippen LogP contribution in [0.15, 0.2) is 40.9 Å². The number of nitrogens with two attached hydrogens (primary N) is 1. The van der Waals surface area contributed by atoms with Gasteiger partial charge in [-0.2, -0.15) is 0 Å². The lowest BCUT2D eigenvalue weighted by Crippen LogP contribution is -2.17. The third-order valence-electron chi connectivity index (χ3n) is 3.10. The predicted molar refractivity (Wildman–Crippen MR) is 88.8 cm³/mol. The first-order chi connectivity index (χ1) is 10.7. The first kappa shape index (κ1) is 20.4. The maximum absolute atomic E-state index is 12.1. The molecular weight excluding hydrogens is 415 g/mol. The number of rotatable bonds is 4. The first-order valence-electron chi connectivity index (χ1n) is 6.39. The Hall–Kier alpha value is -1.64. The number of aromatic hydroxyl groups is 1. The number of hydrogen-bond acceptors (Lipinski definition) is 4. The van der Waals surface area contributed by atoms with Crippen LogP contribution in [0.5, 0.6) is 17.2 Å². The summed E-state index contributed by atoms with van der Waals surface area (Å²) < 4.78 is 45.9. The Labute approximate surface area is 150 Å². The fourth-order valence-corrected chi connectivity index (χ4v) is 2.50. The predicted octanol–water partition coefficient (Wildman–Crippen LogP) is 4.53. The van der Waals surface area contributed by atoms with E-state index in [9.17, 15) is 18.3 Å². The van der Waals surface area contributed by atoms with Crippen LogP contribution in [-0.4, -0.2) is 18.6 Å². The molecule has 2 aromatic rings. The van der Waals surface area contributed by atoms with Crippen LogP contribution in [0.1, 0.15) is 17.2 Å². The second kappa shape index (κ2) is 7.96. The number of hydrogen-bond donors (Lipinski definition) is 2. The maximum Gasteiger partial charge on any atom is 0.573 e. The zero-order valence-electron chi connectivity index (χ0n) is 12.3. The summed E-state index contributed by atoms with van der Waals surface area (Å²) in [6, 6.07) is 7.57. The topological polar surface area (TPSA) is 64.7 Å². The molecule has 1 atom stereocenters. The number of halogens is 5. The van der Waals surface area contributed by atoms with E-state index in [0.29, 0.717) is 15.6 Å². The average molecular weight is 429 g/mol. The summed E-state index contributed by atoms with van der Waals surface area (Å²) in [7, 11) is 1.40. The highest BCUT2D eigenvalue weighted by Crippen LogP contribution is 2.38. The highest BCUT2D eigenvalue weighted by Gasteiger charge is 2.31. The molecule has 0 unspecified atom stereocenters. The Kier molecular flexibility index (Phi) is 6.76. The van der Waals surface area contributed by atoms with Crippen molar-refractivity contribution in [2.45, 2.75) is 12.4 Å². The molecule has 0 heterocycles. The molecule has 0 amide bonds. The van der Waals surface area contributed by atoms with Gasteiger partial charge in [-0.1, -0.05) is 28.1 Å². The van der Waals surface area contributed by atoms with E-state index in [2.05, 4.69) is 20.7 Å². The van der Waals surface area contributed by atoms with Crippen LogP contribution in [0, 0.1) is 0 Å². The van der Waals surface area contributed by atoms with Crippen molar-refractivity contribution < 1.29 is 27.8 Å². The summed E-state index contributed by atoms with van der Waals surface area (Å²) in [5.41, 5.74) is 6.97. The van der Waals surface area contributed by atoms with E-state index in [1.54, 1.807) is 12.1 Å². The molecule has 0 spiro atoms. The highest BCUT2D eigenvalue weighted by molar-refractivity contribution is 9.10. The van der Waals surface area contributed by atoms with Crippen LogP contribution in [0.2, 0.25) is 0 Å². The fraction of sp³-hybridized carbons (Fsp3) is 0.200. The van der Waals surface area contributed by atoms with Crippen molar-refractivity contribution in [1.29, 1.82) is 0 Å². The number of methoxy groups -OCH3 is 1. The zero-order chi connectivity index (χ0) is 17.2. The van der Waals surface area contributed by atoms with Crippen LogP contribution in [0.4, 0.5) is 13.2 Å². The molecule has 0 aromatic heterocycles. The SMILES string of the molecule is COc1cc(Br)cc([C@H](N)c2ccc(OC(F)(F)F)cc2)c1O.Cl. The summed E-state index contributed by atoms with van der Waals surface area (Å²) in [6.45, 7) is 0. The zero-order valence-corrected chi connectivity index (χ0v) is 14.7. The standard InChI is InChI=1S/C15H13BrF3NO3.ClH/c1-22-12-7-9(16)6-11(14(12)21)13(20)8-2-4-10(5-3-8)23-15(17,18)19;/h2-7,13,21H,20H2,1H3;1H/t13-;/m1./s1. The smallest absolute Gasteiger partial charge is 0.504 e. The molecule has 2 rings (SSSR count). The molecule has 0 saturated heterocycles. The van der Waals surface area contributed by atoms with Gasteiger partial charge in [0.15, 0.2) is 11.5 Å². The Balaban J connectivity index is 0.00000288. The van der Waals surface area contributed by atoms with E-state index in [4.69, 9.17) is 10.5 Å². The van der Waals surface area contributed by atoms with Crippen molar-refractivity contribution in [2.24, 2.45) is 5.73 Å². The molecule has 9 heteroatoms.